The first kappa shape index (κ1) is 8.27. The Morgan fingerprint density at radius 2 is 2.33 bits per heavy atom. The zero-order valence-corrected chi connectivity index (χ0v) is 5.98. The lowest BCUT2D eigenvalue weighted by atomic mass is 10.6. The number of nitrogens with zero attached hydrogens (tertiary/aromatic N) is 1. The van der Waals surface area contributed by atoms with Crippen LogP contribution in [-0.4, -0.2) is 31.1 Å². The molecule has 0 heterocycles. The van der Waals surface area contributed by atoms with Crippen molar-refractivity contribution >= 4 is 6.03 Å². The number of nitrogens with one attached hydrogen (secondary N) is 1. The van der Waals surface area contributed by atoms with Crippen molar-refractivity contribution < 1.29 is 4.79 Å². The lowest BCUT2D eigenvalue weighted by Crippen LogP contribution is -2.36. The second-order valence-electron chi connectivity index (χ2n) is 1.75. The van der Waals surface area contributed by atoms with Gasteiger partial charge in [0, 0.05) is 20.1 Å². The van der Waals surface area contributed by atoms with Crippen LogP contribution in [0.4, 0.5) is 4.79 Å². The lowest BCUT2D eigenvalue weighted by molar-refractivity contribution is 0.212. The Bertz CT molecular complexity index is 93.1. The molecule has 0 aliphatic heterocycles. The van der Waals surface area contributed by atoms with Gasteiger partial charge in [-0.2, -0.15) is 0 Å². The first-order valence-corrected chi connectivity index (χ1v) is 3.00. The van der Waals surface area contributed by atoms with Gasteiger partial charge in [-0.15, -0.1) is 0 Å². The van der Waals surface area contributed by atoms with Crippen molar-refractivity contribution in [3.05, 3.63) is 6.92 Å². The van der Waals surface area contributed by atoms with Crippen LogP contribution in [0.2, 0.25) is 0 Å². The number of hydrogen-bond donors (Lipinski definition) is 1. The summed E-state index contributed by atoms with van der Waals surface area (Å²) in [5.74, 6) is 0. The second-order valence-corrected chi connectivity index (χ2v) is 1.75. The molecule has 0 unspecified atom stereocenters. The average molecular weight is 129 g/mol. The van der Waals surface area contributed by atoms with Gasteiger partial charge in [-0.25, -0.2) is 4.79 Å². The first-order chi connectivity index (χ1) is 4.22. The molecule has 3 heteroatoms. The Kier molecular flexibility index (Phi) is 3.84. The SMILES string of the molecule is [CH2]CNC(=O)N(C)CC. The van der Waals surface area contributed by atoms with Crippen LogP contribution in [0.3, 0.4) is 0 Å². The highest BCUT2D eigenvalue weighted by Crippen LogP contribution is 1.80. The molecule has 2 amide bonds. The van der Waals surface area contributed by atoms with Crippen LogP contribution in [0.1, 0.15) is 6.92 Å². The topological polar surface area (TPSA) is 32.3 Å². The molecule has 0 aliphatic rings. The molecule has 1 N–H and O–H groups in total. The summed E-state index contributed by atoms with van der Waals surface area (Å²) in [6.07, 6.45) is 0. The van der Waals surface area contributed by atoms with Gasteiger partial charge < -0.3 is 10.2 Å². The monoisotopic (exact) mass is 129 g/mol. The van der Waals surface area contributed by atoms with E-state index in [1.165, 1.54) is 0 Å². The fraction of sp³-hybridized carbons (Fsp3) is 0.667. The van der Waals surface area contributed by atoms with Crippen LogP contribution >= 0.6 is 0 Å². The van der Waals surface area contributed by atoms with Gasteiger partial charge in [-0.3, -0.25) is 0 Å². The predicted molar refractivity (Wildman–Crippen MR) is 37.1 cm³/mol. The lowest BCUT2D eigenvalue weighted by Gasteiger charge is -2.13. The van der Waals surface area contributed by atoms with E-state index in [9.17, 15) is 4.79 Å². The van der Waals surface area contributed by atoms with Crippen LogP contribution in [-0.2, 0) is 0 Å². The van der Waals surface area contributed by atoms with E-state index in [1.807, 2.05) is 6.92 Å². The third kappa shape index (κ3) is 2.95. The molecule has 0 aliphatic carbocycles. The molecule has 0 aromatic heterocycles. The Labute approximate surface area is 56.0 Å². The van der Waals surface area contributed by atoms with Crippen molar-refractivity contribution in [3.8, 4) is 0 Å². The zero-order valence-electron chi connectivity index (χ0n) is 5.98. The van der Waals surface area contributed by atoms with Gasteiger partial charge in [-0.1, -0.05) is 0 Å². The van der Waals surface area contributed by atoms with E-state index in [2.05, 4.69) is 12.2 Å². The van der Waals surface area contributed by atoms with Crippen molar-refractivity contribution in [1.29, 1.82) is 0 Å². The smallest absolute Gasteiger partial charge is 0.317 e. The van der Waals surface area contributed by atoms with Crippen molar-refractivity contribution in [1.82, 2.24) is 10.2 Å². The van der Waals surface area contributed by atoms with Crippen molar-refractivity contribution in [2.45, 2.75) is 6.92 Å². The average Bonchev–Trinajstić information content (AvgIpc) is 1.87. The van der Waals surface area contributed by atoms with E-state index < -0.39 is 0 Å². The van der Waals surface area contributed by atoms with Gasteiger partial charge in [-0.05, 0) is 13.8 Å². The number of hydrogen-bond acceptors (Lipinski definition) is 1. The van der Waals surface area contributed by atoms with Crippen LogP contribution in [0, 0.1) is 6.92 Å². The number of amides is 2. The molecule has 9 heavy (non-hydrogen) atoms. The van der Waals surface area contributed by atoms with Gasteiger partial charge >= 0.3 is 6.03 Å². The zero-order chi connectivity index (χ0) is 7.28. The van der Waals surface area contributed by atoms with Gasteiger partial charge in [0.15, 0.2) is 0 Å². The molecule has 3 nitrogen and oxygen atoms in total. The molecule has 53 valence electrons. The van der Waals surface area contributed by atoms with Crippen LogP contribution in [0.5, 0.6) is 0 Å². The van der Waals surface area contributed by atoms with Crippen molar-refractivity contribution in [2.75, 3.05) is 20.1 Å². The molecule has 0 saturated carbocycles. The minimum Gasteiger partial charge on any atom is -0.338 e. The fourth-order valence-electron chi connectivity index (χ4n) is 0.385. The molecular weight excluding hydrogens is 116 g/mol. The highest BCUT2D eigenvalue weighted by Gasteiger charge is 2.01. The summed E-state index contributed by atoms with van der Waals surface area (Å²) < 4.78 is 0. The van der Waals surface area contributed by atoms with Crippen molar-refractivity contribution in [3.63, 3.8) is 0 Å². The summed E-state index contributed by atoms with van der Waals surface area (Å²) in [5.41, 5.74) is 0. The third-order valence-electron chi connectivity index (χ3n) is 1.10. The van der Waals surface area contributed by atoms with E-state index >= 15 is 0 Å². The molecule has 0 spiro atoms. The quantitative estimate of drug-likeness (QED) is 0.578. The fourth-order valence-corrected chi connectivity index (χ4v) is 0.385. The highest BCUT2D eigenvalue weighted by molar-refractivity contribution is 5.73. The van der Waals surface area contributed by atoms with Gasteiger partial charge in [0.2, 0.25) is 0 Å². The maximum atomic E-state index is 10.7. The first-order valence-electron chi connectivity index (χ1n) is 3.00. The van der Waals surface area contributed by atoms with E-state index in [0.29, 0.717) is 6.54 Å². The normalized spacial score (nSPS) is 8.78. The van der Waals surface area contributed by atoms with Crippen molar-refractivity contribution in [2.24, 2.45) is 0 Å². The Hall–Kier alpha value is -0.730. The van der Waals surface area contributed by atoms with Crippen LogP contribution in [0.25, 0.3) is 0 Å². The summed E-state index contributed by atoms with van der Waals surface area (Å²) in [4.78, 5) is 12.3. The number of carbonyl (C=O) groups is 1. The summed E-state index contributed by atoms with van der Waals surface area (Å²) in [6.45, 7) is 6.58. The van der Waals surface area contributed by atoms with E-state index in [-0.39, 0.29) is 6.03 Å². The number of carbonyl (C=O) groups excluding carboxylic acids is 1. The van der Waals surface area contributed by atoms with Crippen LogP contribution < -0.4 is 5.32 Å². The molecule has 0 fully saturated rings. The minimum absolute atomic E-state index is 0.0625. The Morgan fingerprint density at radius 3 is 2.67 bits per heavy atom. The van der Waals surface area contributed by atoms with Gasteiger partial charge in [0.25, 0.3) is 0 Å². The third-order valence-corrected chi connectivity index (χ3v) is 1.10. The summed E-state index contributed by atoms with van der Waals surface area (Å²) in [5, 5.41) is 2.57. The molecule has 0 bridgehead atoms. The standard InChI is InChI=1S/C6H13N2O/c1-4-7-6(9)8(3)5-2/h1,4-5H2,2-3H3,(H,7,9). The molecule has 0 atom stereocenters. The van der Waals surface area contributed by atoms with E-state index in [1.54, 1.807) is 11.9 Å². The summed E-state index contributed by atoms with van der Waals surface area (Å²) >= 11 is 0. The van der Waals surface area contributed by atoms with E-state index in [0.717, 1.165) is 6.54 Å². The van der Waals surface area contributed by atoms with Gasteiger partial charge in [0.1, 0.15) is 0 Å². The Morgan fingerprint density at radius 1 is 1.78 bits per heavy atom. The molecule has 0 aromatic rings. The maximum Gasteiger partial charge on any atom is 0.317 e. The number of urea groups is 1. The van der Waals surface area contributed by atoms with E-state index in [4.69, 9.17) is 0 Å². The van der Waals surface area contributed by atoms with Gasteiger partial charge in [0.05, 0.1) is 0 Å². The summed E-state index contributed by atoms with van der Waals surface area (Å²) in [6, 6.07) is -0.0625. The molecule has 0 rings (SSSR count). The largest absolute Gasteiger partial charge is 0.338 e. The molecular formula is C6H13N2O. The summed E-state index contributed by atoms with van der Waals surface area (Å²) in [7, 11) is 1.74. The second kappa shape index (κ2) is 4.18. The number of rotatable bonds is 2. The Balaban J connectivity index is 3.46. The molecule has 0 saturated heterocycles. The minimum atomic E-state index is -0.0625. The highest BCUT2D eigenvalue weighted by atomic mass is 16.2. The predicted octanol–water partition coefficient (Wildman–Crippen LogP) is 0.482. The molecule has 1 radical (unpaired) electrons. The molecule has 0 aromatic carbocycles. The maximum absolute atomic E-state index is 10.7. The van der Waals surface area contributed by atoms with Crippen LogP contribution in [0.15, 0.2) is 0 Å².